The highest BCUT2D eigenvalue weighted by Gasteiger charge is 2.34. The van der Waals surface area contributed by atoms with Crippen molar-refractivity contribution in [2.75, 3.05) is 56.8 Å². The smallest absolute Gasteiger partial charge is 0.258 e. The van der Waals surface area contributed by atoms with Gasteiger partial charge in [-0.1, -0.05) is 37.3 Å². The van der Waals surface area contributed by atoms with E-state index < -0.39 is 0 Å². The van der Waals surface area contributed by atoms with E-state index in [2.05, 4.69) is 17.1 Å². The van der Waals surface area contributed by atoms with Gasteiger partial charge in [0.25, 0.3) is 11.8 Å². The van der Waals surface area contributed by atoms with Crippen LogP contribution in [0.3, 0.4) is 0 Å². The van der Waals surface area contributed by atoms with Gasteiger partial charge in [0.05, 0.1) is 35.3 Å². The minimum atomic E-state index is -0.314. The average molecular weight is 560 g/mol. The van der Waals surface area contributed by atoms with Gasteiger partial charge in [0.2, 0.25) is 0 Å². The summed E-state index contributed by atoms with van der Waals surface area (Å²) in [5.74, 6) is 0.223. The fourth-order valence-corrected chi connectivity index (χ4v) is 5.05. The van der Waals surface area contributed by atoms with Gasteiger partial charge in [0, 0.05) is 45.2 Å². The zero-order valence-corrected chi connectivity index (χ0v) is 24.5. The third-order valence-electron chi connectivity index (χ3n) is 7.52. The molecule has 3 atom stereocenters. The van der Waals surface area contributed by atoms with Crippen molar-refractivity contribution in [3.05, 3.63) is 83.4 Å². The average Bonchev–Trinajstić information content (AvgIpc) is 2.95. The Balaban J connectivity index is 1.49. The first-order valence-electron chi connectivity index (χ1n) is 13.9. The van der Waals surface area contributed by atoms with E-state index in [1.54, 1.807) is 23.1 Å². The number of hydrogen-bond acceptors (Lipinski definition) is 7. The van der Waals surface area contributed by atoms with Crippen LogP contribution < -0.4 is 20.7 Å². The van der Waals surface area contributed by atoms with Crippen LogP contribution in [0.15, 0.2) is 66.7 Å². The van der Waals surface area contributed by atoms with E-state index in [1.165, 1.54) is 0 Å². The zero-order chi connectivity index (χ0) is 29.7. The highest BCUT2D eigenvalue weighted by molar-refractivity contribution is 6.05. The summed E-state index contributed by atoms with van der Waals surface area (Å²) in [6.07, 6.45) is -0.206. The highest BCUT2D eigenvalue weighted by Crippen LogP contribution is 2.36. The fraction of sp³-hybridized carbons (Fsp3) is 0.375. The number of aliphatic hydroxyl groups is 1. The summed E-state index contributed by atoms with van der Waals surface area (Å²) in [6.45, 7) is 5.58. The molecule has 0 bridgehead atoms. The molecule has 1 heterocycles. The molecule has 9 nitrogen and oxygen atoms in total. The molecule has 0 fully saturated rings. The molecule has 0 saturated heterocycles. The summed E-state index contributed by atoms with van der Waals surface area (Å²) in [6, 6.07) is 20.0. The third-order valence-corrected chi connectivity index (χ3v) is 7.52. The van der Waals surface area contributed by atoms with E-state index in [-0.39, 0.29) is 36.5 Å². The second kappa shape index (κ2) is 13.1. The second-order valence-corrected chi connectivity index (χ2v) is 11.1. The summed E-state index contributed by atoms with van der Waals surface area (Å²) in [5.41, 5.74) is 10.00. The van der Waals surface area contributed by atoms with Crippen LogP contribution in [0.4, 0.5) is 17.1 Å². The van der Waals surface area contributed by atoms with Crippen LogP contribution in [-0.2, 0) is 6.54 Å². The summed E-state index contributed by atoms with van der Waals surface area (Å²) < 4.78 is 6.64. The Labute approximate surface area is 242 Å². The lowest BCUT2D eigenvalue weighted by molar-refractivity contribution is 0.0343. The molecule has 1 aliphatic rings. The molecule has 4 rings (SSSR count). The molecule has 218 valence electrons. The van der Waals surface area contributed by atoms with Crippen LogP contribution in [0.5, 0.6) is 5.75 Å². The SMILES string of the molecule is C[C@@H]1CN([C@@H](C)CO)C(=O)c2cccc(N(C)C)c2O[C@@H]1CN(C)Cc1ccc(C(=O)Nc2ccccc2N)cc1. The number of carbonyl (C=O) groups excluding carboxylic acids is 2. The van der Waals surface area contributed by atoms with Gasteiger partial charge in [0.1, 0.15) is 6.10 Å². The van der Waals surface area contributed by atoms with Crippen molar-refractivity contribution in [1.29, 1.82) is 0 Å². The maximum atomic E-state index is 13.5. The summed E-state index contributed by atoms with van der Waals surface area (Å²) in [5, 5.41) is 12.7. The zero-order valence-electron chi connectivity index (χ0n) is 24.5. The number of amides is 2. The number of nitrogen functional groups attached to an aromatic ring is 1. The van der Waals surface area contributed by atoms with Crippen LogP contribution in [-0.4, -0.2) is 79.7 Å². The van der Waals surface area contributed by atoms with Crippen LogP contribution in [0.25, 0.3) is 0 Å². The number of fused-ring (bicyclic) bond motifs is 1. The van der Waals surface area contributed by atoms with Gasteiger partial charge in [-0.2, -0.15) is 0 Å². The summed E-state index contributed by atoms with van der Waals surface area (Å²) in [4.78, 5) is 32.1. The molecular formula is C32H41N5O4. The van der Waals surface area contributed by atoms with Crippen molar-refractivity contribution in [3.8, 4) is 5.75 Å². The molecule has 4 N–H and O–H groups in total. The fourth-order valence-electron chi connectivity index (χ4n) is 5.05. The van der Waals surface area contributed by atoms with Gasteiger partial charge in [-0.3, -0.25) is 14.5 Å². The molecule has 0 unspecified atom stereocenters. The number of carbonyl (C=O) groups is 2. The quantitative estimate of drug-likeness (QED) is 0.341. The van der Waals surface area contributed by atoms with Crippen molar-refractivity contribution < 1.29 is 19.4 Å². The topological polar surface area (TPSA) is 111 Å². The van der Waals surface area contributed by atoms with E-state index in [0.717, 1.165) is 11.3 Å². The van der Waals surface area contributed by atoms with E-state index in [9.17, 15) is 14.7 Å². The molecular weight excluding hydrogens is 518 g/mol. The van der Waals surface area contributed by atoms with Gasteiger partial charge in [-0.25, -0.2) is 0 Å². The van der Waals surface area contributed by atoms with Gasteiger partial charge in [-0.15, -0.1) is 0 Å². The maximum Gasteiger partial charge on any atom is 0.258 e. The van der Waals surface area contributed by atoms with Gasteiger partial charge in [-0.05, 0) is 55.9 Å². The third kappa shape index (κ3) is 6.99. The number of hydrogen-bond donors (Lipinski definition) is 3. The first-order valence-corrected chi connectivity index (χ1v) is 13.9. The van der Waals surface area contributed by atoms with Crippen molar-refractivity contribution in [2.45, 2.75) is 32.5 Å². The van der Waals surface area contributed by atoms with E-state index >= 15 is 0 Å². The van der Waals surface area contributed by atoms with Crippen LogP contribution >= 0.6 is 0 Å². The van der Waals surface area contributed by atoms with Crippen LogP contribution in [0.1, 0.15) is 40.1 Å². The minimum absolute atomic E-state index is 0.00950. The lowest BCUT2D eigenvalue weighted by Crippen LogP contribution is -2.49. The van der Waals surface area contributed by atoms with Crippen LogP contribution in [0.2, 0.25) is 0 Å². The van der Waals surface area contributed by atoms with E-state index in [1.807, 2.05) is 81.5 Å². The molecule has 3 aromatic carbocycles. The largest absolute Gasteiger partial charge is 0.486 e. The lowest BCUT2D eigenvalue weighted by atomic mass is 9.98. The van der Waals surface area contributed by atoms with Crippen molar-refractivity contribution in [2.24, 2.45) is 5.92 Å². The number of para-hydroxylation sites is 3. The number of benzene rings is 3. The predicted molar refractivity (Wildman–Crippen MR) is 164 cm³/mol. The molecule has 0 spiro atoms. The molecule has 41 heavy (non-hydrogen) atoms. The Bertz CT molecular complexity index is 1360. The Morgan fingerprint density at radius 1 is 1.10 bits per heavy atom. The Morgan fingerprint density at radius 2 is 1.80 bits per heavy atom. The minimum Gasteiger partial charge on any atom is -0.486 e. The van der Waals surface area contributed by atoms with Crippen molar-refractivity contribution in [1.82, 2.24) is 9.80 Å². The first kappa shape index (κ1) is 29.9. The van der Waals surface area contributed by atoms with Crippen LogP contribution in [0, 0.1) is 5.92 Å². The summed E-state index contributed by atoms with van der Waals surface area (Å²) in [7, 11) is 5.89. The molecule has 2 amide bonds. The van der Waals surface area contributed by atoms with Gasteiger partial charge < -0.3 is 30.7 Å². The normalized spacial score (nSPS) is 17.7. The van der Waals surface area contributed by atoms with E-state index in [4.69, 9.17) is 10.5 Å². The molecule has 9 heteroatoms. The standard InChI is InChI=1S/C32H41N5O4/c1-21-17-37(22(2)20-38)32(40)25-9-8-12-28(35(3)4)30(25)41-29(21)19-36(5)18-23-13-15-24(16-14-23)31(39)34-27-11-7-6-10-26(27)33/h6-16,21-22,29,38H,17-20,33H2,1-5H3,(H,34,39)/t21-,22+,29-/m1/s1. The van der Waals surface area contributed by atoms with E-state index in [0.29, 0.717) is 47.9 Å². The number of anilines is 3. The number of likely N-dealkylation sites (N-methyl/N-ethyl adjacent to an activating group) is 1. The maximum absolute atomic E-state index is 13.5. The molecule has 3 aromatic rings. The molecule has 0 saturated carbocycles. The first-order chi connectivity index (χ1) is 19.6. The molecule has 0 radical (unpaired) electrons. The molecule has 0 aromatic heterocycles. The Hall–Kier alpha value is -4.08. The highest BCUT2D eigenvalue weighted by atomic mass is 16.5. The Kier molecular flexibility index (Phi) is 9.52. The Morgan fingerprint density at radius 3 is 2.46 bits per heavy atom. The number of nitrogens with one attached hydrogen (secondary N) is 1. The number of ether oxygens (including phenoxy) is 1. The molecule has 1 aliphatic heterocycles. The van der Waals surface area contributed by atoms with Gasteiger partial charge in [0.15, 0.2) is 5.75 Å². The van der Waals surface area contributed by atoms with Crippen molar-refractivity contribution in [3.63, 3.8) is 0 Å². The summed E-state index contributed by atoms with van der Waals surface area (Å²) >= 11 is 0. The lowest BCUT2D eigenvalue weighted by Gasteiger charge is -2.39. The number of aliphatic hydroxyl groups excluding tert-OH is 1. The predicted octanol–water partition coefficient (Wildman–Crippen LogP) is 3.94. The van der Waals surface area contributed by atoms with Crippen molar-refractivity contribution >= 4 is 28.9 Å². The van der Waals surface area contributed by atoms with Gasteiger partial charge >= 0.3 is 0 Å². The number of nitrogens with two attached hydrogens (primary N) is 1. The number of nitrogens with zero attached hydrogens (tertiary/aromatic N) is 3. The molecule has 0 aliphatic carbocycles. The second-order valence-electron chi connectivity index (χ2n) is 11.1. The monoisotopic (exact) mass is 559 g/mol. The number of rotatable bonds is 9.